The summed E-state index contributed by atoms with van der Waals surface area (Å²) in [5, 5.41) is 4.72. The first-order valence-electron chi connectivity index (χ1n) is 7.18. The molecular weight excluding hydrogens is 338 g/mol. The summed E-state index contributed by atoms with van der Waals surface area (Å²) in [5.74, 6) is 0.986. The second-order valence-electron chi connectivity index (χ2n) is 5.54. The highest BCUT2D eigenvalue weighted by Gasteiger charge is 2.16. The van der Waals surface area contributed by atoms with Crippen molar-refractivity contribution in [2.45, 2.75) is 20.4 Å². The number of hydrogen-bond acceptors (Lipinski definition) is 1. The van der Waals surface area contributed by atoms with Gasteiger partial charge >= 0.3 is 5.82 Å². The summed E-state index contributed by atoms with van der Waals surface area (Å²) in [4.78, 5) is 0. The molecule has 0 spiro atoms. The molecule has 3 rings (SSSR count). The van der Waals surface area contributed by atoms with Gasteiger partial charge in [0.1, 0.15) is 6.54 Å². The standard InChI is InChI=1S/C18H20N3.BrH/c1-14-9-10-17(15(2)11-14)12-21-13-20(3)18(19-21)16-7-5-4-6-8-16;/h4-11,13H,12H2,1-3H3;1H/q+1;/p-1. The molecule has 2 aromatic carbocycles. The van der Waals surface area contributed by atoms with Crippen LogP contribution in [-0.4, -0.2) is 9.78 Å². The normalized spacial score (nSPS) is 10.3. The molecule has 3 nitrogen and oxygen atoms in total. The first kappa shape index (κ1) is 16.4. The van der Waals surface area contributed by atoms with Crippen molar-refractivity contribution in [3.05, 3.63) is 71.5 Å². The van der Waals surface area contributed by atoms with Crippen molar-refractivity contribution >= 4 is 0 Å². The van der Waals surface area contributed by atoms with Crippen LogP contribution in [0, 0.1) is 13.8 Å². The summed E-state index contributed by atoms with van der Waals surface area (Å²) in [6.45, 7) is 5.08. The molecule has 0 saturated carbocycles. The van der Waals surface area contributed by atoms with Crippen molar-refractivity contribution in [1.82, 2.24) is 9.78 Å². The summed E-state index contributed by atoms with van der Waals surface area (Å²) in [7, 11) is 2.04. The average molecular weight is 358 g/mol. The fourth-order valence-corrected chi connectivity index (χ4v) is 2.60. The Bertz CT molecular complexity index is 763. The number of aryl methyl sites for hydroxylation is 3. The largest absolute Gasteiger partial charge is 1.00 e. The Kier molecular flexibility index (Phi) is 5.14. The minimum atomic E-state index is 0. The zero-order valence-electron chi connectivity index (χ0n) is 13.1. The van der Waals surface area contributed by atoms with E-state index in [-0.39, 0.29) is 17.0 Å². The molecule has 0 amide bonds. The van der Waals surface area contributed by atoms with E-state index in [1.54, 1.807) is 0 Å². The summed E-state index contributed by atoms with van der Waals surface area (Å²) in [5.41, 5.74) is 5.06. The van der Waals surface area contributed by atoms with Crippen LogP contribution in [0.3, 0.4) is 0 Å². The molecule has 0 N–H and O–H groups in total. The second-order valence-corrected chi connectivity index (χ2v) is 5.54. The first-order chi connectivity index (χ1) is 10.1. The van der Waals surface area contributed by atoms with E-state index < -0.39 is 0 Å². The molecule has 0 saturated heterocycles. The maximum atomic E-state index is 4.72. The maximum Gasteiger partial charge on any atom is 0.308 e. The van der Waals surface area contributed by atoms with E-state index in [9.17, 15) is 0 Å². The number of benzene rings is 2. The SMILES string of the molecule is Cc1ccc(Cn2c[n+](C)c(-c3ccccc3)n2)c(C)c1.[Br-]. The van der Waals surface area contributed by atoms with E-state index in [0.29, 0.717) is 0 Å². The number of rotatable bonds is 3. The van der Waals surface area contributed by atoms with Crippen LogP contribution in [0.2, 0.25) is 0 Å². The molecule has 3 aromatic rings. The molecule has 4 heteroatoms. The van der Waals surface area contributed by atoms with Gasteiger partial charge in [0.05, 0.1) is 12.6 Å². The van der Waals surface area contributed by atoms with Crippen molar-refractivity contribution in [1.29, 1.82) is 0 Å². The van der Waals surface area contributed by atoms with Gasteiger partial charge in [-0.25, -0.2) is 4.57 Å². The molecule has 1 aromatic heterocycles. The van der Waals surface area contributed by atoms with Crippen molar-refractivity contribution in [3.63, 3.8) is 0 Å². The van der Waals surface area contributed by atoms with E-state index in [2.05, 4.69) is 48.7 Å². The predicted octanol–water partition coefficient (Wildman–Crippen LogP) is 0.0437. The van der Waals surface area contributed by atoms with Gasteiger partial charge < -0.3 is 17.0 Å². The zero-order chi connectivity index (χ0) is 14.8. The second kappa shape index (κ2) is 6.88. The average Bonchev–Trinajstić information content (AvgIpc) is 2.84. The van der Waals surface area contributed by atoms with Gasteiger partial charge in [-0.3, -0.25) is 0 Å². The van der Waals surface area contributed by atoms with Crippen molar-refractivity contribution < 1.29 is 21.5 Å². The van der Waals surface area contributed by atoms with Crippen LogP contribution in [0.15, 0.2) is 54.9 Å². The molecule has 0 radical (unpaired) electrons. The quantitative estimate of drug-likeness (QED) is 0.606. The number of aromatic nitrogens is 3. The van der Waals surface area contributed by atoms with Gasteiger partial charge in [0.15, 0.2) is 0 Å². The lowest BCUT2D eigenvalue weighted by molar-refractivity contribution is -0.661. The van der Waals surface area contributed by atoms with Crippen LogP contribution in [0.4, 0.5) is 0 Å². The van der Waals surface area contributed by atoms with Crippen LogP contribution < -0.4 is 21.5 Å². The summed E-state index contributed by atoms with van der Waals surface area (Å²) in [6, 6.07) is 16.8. The Hall–Kier alpha value is -1.94. The zero-order valence-corrected chi connectivity index (χ0v) is 14.7. The van der Waals surface area contributed by atoms with Crippen LogP contribution in [-0.2, 0) is 13.6 Å². The Morgan fingerprint density at radius 2 is 1.77 bits per heavy atom. The Morgan fingerprint density at radius 3 is 2.45 bits per heavy atom. The molecule has 1 heterocycles. The highest BCUT2D eigenvalue weighted by molar-refractivity contribution is 5.50. The van der Waals surface area contributed by atoms with Crippen molar-refractivity contribution in [2.24, 2.45) is 7.05 Å². The fourth-order valence-electron chi connectivity index (χ4n) is 2.60. The molecular formula is C18H20BrN3. The van der Waals surface area contributed by atoms with Crippen LogP contribution >= 0.6 is 0 Å². The summed E-state index contributed by atoms with van der Waals surface area (Å²) < 4.78 is 4.07. The third-order valence-electron chi connectivity index (χ3n) is 3.73. The lowest BCUT2D eigenvalue weighted by Crippen LogP contribution is -3.00. The van der Waals surface area contributed by atoms with Crippen LogP contribution in [0.1, 0.15) is 16.7 Å². The first-order valence-corrected chi connectivity index (χ1v) is 7.18. The maximum absolute atomic E-state index is 4.72. The molecule has 0 fully saturated rings. The van der Waals surface area contributed by atoms with Crippen molar-refractivity contribution in [3.8, 4) is 11.4 Å². The summed E-state index contributed by atoms with van der Waals surface area (Å²) >= 11 is 0. The van der Waals surface area contributed by atoms with Gasteiger partial charge in [-0.1, -0.05) is 42.0 Å². The topological polar surface area (TPSA) is 21.7 Å². The Morgan fingerprint density at radius 1 is 1.05 bits per heavy atom. The van der Waals surface area contributed by atoms with E-state index in [4.69, 9.17) is 5.10 Å². The molecule has 114 valence electrons. The smallest absolute Gasteiger partial charge is 0.308 e. The number of nitrogens with zero attached hydrogens (tertiary/aromatic N) is 3. The Balaban J connectivity index is 0.00000176. The van der Waals surface area contributed by atoms with Crippen molar-refractivity contribution in [2.75, 3.05) is 0 Å². The lowest BCUT2D eigenvalue weighted by Gasteiger charge is -2.03. The number of hydrogen-bond donors (Lipinski definition) is 0. The van der Waals surface area contributed by atoms with Crippen LogP contribution in [0.5, 0.6) is 0 Å². The fraction of sp³-hybridized carbons (Fsp3) is 0.222. The lowest BCUT2D eigenvalue weighted by atomic mass is 10.1. The highest BCUT2D eigenvalue weighted by atomic mass is 79.9. The van der Waals surface area contributed by atoms with Gasteiger partial charge in [0.25, 0.3) is 0 Å². The van der Waals surface area contributed by atoms with Gasteiger partial charge in [0, 0.05) is 5.10 Å². The van der Waals surface area contributed by atoms with Gasteiger partial charge in [0.2, 0.25) is 6.33 Å². The monoisotopic (exact) mass is 357 g/mol. The highest BCUT2D eigenvalue weighted by Crippen LogP contribution is 2.14. The van der Waals surface area contributed by atoms with Gasteiger partial charge in [-0.15, -0.1) is 4.68 Å². The number of halogens is 1. The van der Waals surface area contributed by atoms with Gasteiger partial charge in [-0.2, -0.15) is 0 Å². The molecule has 0 aliphatic rings. The van der Waals surface area contributed by atoms with Gasteiger partial charge in [-0.05, 0) is 37.1 Å². The van der Waals surface area contributed by atoms with Crippen LogP contribution in [0.25, 0.3) is 11.4 Å². The third-order valence-corrected chi connectivity index (χ3v) is 3.73. The Labute approximate surface area is 142 Å². The third kappa shape index (κ3) is 3.45. The van der Waals surface area contributed by atoms with E-state index in [1.807, 2.05) is 36.3 Å². The molecule has 0 aliphatic heterocycles. The van der Waals surface area contributed by atoms with E-state index in [0.717, 1.165) is 17.9 Å². The minimum Gasteiger partial charge on any atom is -1.00 e. The van der Waals surface area contributed by atoms with E-state index >= 15 is 0 Å². The molecule has 0 atom stereocenters. The molecule has 0 bridgehead atoms. The minimum absolute atomic E-state index is 0. The molecule has 0 unspecified atom stereocenters. The van der Waals surface area contributed by atoms with E-state index in [1.165, 1.54) is 16.7 Å². The predicted molar refractivity (Wildman–Crippen MR) is 83.9 cm³/mol. The summed E-state index contributed by atoms with van der Waals surface area (Å²) in [6.07, 6.45) is 2.04. The molecule has 22 heavy (non-hydrogen) atoms. The molecule has 0 aliphatic carbocycles.